The average Bonchev–Trinajstić information content (AvgIpc) is 2.81. The molecule has 0 aliphatic rings. The third kappa shape index (κ3) is 9.99. The van der Waals surface area contributed by atoms with Gasteiger partial charge in [0.2, 0.25) is 0 Å². The fraction of sp³-hybridized carbons (Fsp3) is 0.552. The molecule has 2 aromatic carbocycles. The molecule has 2 rings (SSSR count). The summed E-state index contributed by atoms with van der Waals surface area (Å²) in [6.45, 7) is 7.31. The molecule has 0 amide bonds. The van der Waals surface area contributed by atoms with Crippen LogP contribution in [-0.4, -0.2) is 25.3 Å². The lowest BCUT2D eigenvalue weighted by Gasteiger charge is -2.13. The molecule has 32 heavy (non-hydrogen) atoms. The normalized spacial score (nSPS) is 12.0. The van der Waals surface area contributed by atoms with Crippen LogP contribution in [-0.2, 0) is 15.9 Å². The number of carbonyl (C=O) groups excluding carboxylic acids is 1. The van der Waals surface area contributed by atoms with Crippen LogP contribution in [0.1, 0.15) is 94.5 Å². The van der Waals surface area contributed by atoms with Crippen LogP contribution in [0.3, 0.4) is 0 Å². The Labute approximate surface area is 195 Å². The van der Waals surface area contributed by atoms with Crippen LogP contribution in [0.4, 0.5) is 0 Å². The van der Waals surface area contributed by atoms with Gasteiger partial charge in [0.1, 0.15) is 6.10 Å². The third-order valence-electron chi connectivity index (χ3n) is 5.74. The quantitative estimate of drug-likeness (QED) is 0.197. The molecule has 0 heterocycles. The van der Waals surface area contributed by atoms with E-state index in [9.17, 15) is 4.79 Å². The molecule has 176 valence electrons. The van der Waals surface area contributed by atoms with Crippen LogP contribution < -0.4 is 0 Å². The van der Waals surface area contributed by atoms with E-state index < -0.39 is 0 Å². The first-order valence-electron chi connectivity index (χ1n) is 12.6. The van der Waals surface area contributed by atoms with Crippen molar-refractivity contribution in [1.82, 2.24) is 0 Å². The standard InChI is InChI=1S/C29H42O3/c1-4-6-7-8-9-10-11-12-13-25-14-16-26(17-15-25)27-18-20-28(21-19-27)29(30)32-24(3)23-31-22-5-2/h14-21,24H,4-13,22-23H2,1-3H3. The number of benzene rings is 2. The summed E-state index contributed by atoms with van der Waals surface area (Å²) in [7, 11) is 0. The van der Waals surface area contributed by atoms with Gasteiger partial charge in [-0.3, -0.25) is 0 Å². The topological polar surface area (TPSA) is 35.5 Å². The van der Waals surface area contributed by atoms with E-state index in [-0.39, 0.29) is 12.1 Å². The minimum absolute atomic E-state index is 0.248. The lowest BCUT2D eigenvalue weighted by Crippen LogP contribution is -2.20. The molecular weight excluding hydrogens is 396 g/mol. The zero-order valence-corrected chi connectivity index (χ0v) is 20.4. The summed E-state index contributed by atoms with van der Waals surface area (Å²) >= 11 is 0. The molecule has 0 aliphatic carbocycles. The Balaban J connectivity index is 1.75. The summed E-state index contributed by atoms with van der Waals surface area (Å²) in [6, 6.07) is 16.5. The average molecular weight is 439 g/mol. The Bertz CT molecular complexity index is 749. The predicted molar refractivity (Wildman–Crippen MR) is 134 cm³/mol. The van der Waals surface area contributed by atoms with Gasteiger partial charge in [-0.05, 0) is 55.0 Å². The van der Waals surface area contributed by atoms with Crippen molar-refractivity contribution in [3.63, 3.8) is 0 Å². The highest BCUT2D eigenvalue weighted by Crippen LogP contribution is 2.22. The van der Waals surface area contributed by atoms with Crippen molar-refractivity contribution in [2.45, 2.75) is 91.1 Å². The Morgan fingerprint density at radius 2 is 1.31 bits per heavy atom. The van der Waals surface area contributed by atoms with Gasteiger partial charge in [-0.1, -0.05) is 95.2 Å². The predicted octanol–water partition coefficient (Wildman–Crippen LogP) is 8.01. The molecule has 0 aromatic heterocycles. The minimum atomic E-state index is -0.301. The number of carbonyl (C=O) groups is 1. The molecule has 3 heteroatoms. The lowest BCUT2D eigenvalue weighted by atomic mass is 10.00. The smallest absolute Gasteiger partial charge is 0.338 e. The van der Waals surface area contributed by atoms with Gasteiger partial charge in [-0.2, -0.15) is 0 Å². The molecule has 1 unspecified atom stereocenters. The van der Waals surface area contributed by atoms with Crippen molar-refractivity contribution < 1.29 is 14.3 Å². The number of ether oxygens (including phenoxy) is 2. The van der Waals surface area contributed by atoms with Gasteiger partial charge in [0.15, 0.2) is 0 Å². The highest BCUT2D eigenvalue weighted by molar-refractivity contribution is 5.90. The monoisotopic (exact) mass is 438 g/mol. The van der Waals surface area contributed by atoms with Crippen molar-refractivity contribution in [1.29, 1.82) is 0 Å². The largest absolute Gasteiger partial charge is 0.457 e. The zero-order valence-electron chi connectivity index (χ0n) is 20.4. The van der Waals surface area contributed by atoms with Crippen molar-refractivity contribution in [2.75, 3.05) is 13.2 Å². The first-order valence-corrected chi connectivity index (χ1v) is 12.6. The van der Waals surface area contributed by atoms with Crippen LogP contribution in [0, 0.1) is 0 Å². The molecule has 2 aromatic rings. The zero-order chi connectivity index (χ0) is 23.0. The van der Waals surface area contributed by atoms with E-state index in [4.69, 9.17) is 9.47 Å². The number of rotatable bonds is 16. The first-order chi connectivity index (χ1) is 15.6. The lowest BCUT2D eigenvalue weighted by molar-refractivity contribution is 0.00226. The van der Waals surface area contributed by atoms with Gasteiger partial charge in [-0.25, -0.2) is 4.79 Å². The highest BCUT2D eigenvalue weighted by atomic mass is 16.6. The number of esters is 1. The molecule has 0 saturated carbocycles. The Morgan fingerprint density at radius 1 is 0.750 bits per heavy atom. The number of hydrogen-bond donors (Lipinski definition) is 0. The van der Waals surface area contributed by atoms with Crippen molar-refractivity contribution in [3.05, 3.63) is 59.7 Å². The van der Waals surface area contributed by atoms with Gasteiger partial charge in [-0.15, -0.1) is 0 Å². The highest BCUT2D eigenvalue weighted by Gasteiger charge is 2.12. The Kier molecular flexibility index (Phi) is 12.8. The van der Waals surface area contributed by atoms with Crippen molar-refractivity contribution in [3.8, 4) is 11.1 Å². The minimum Gasteiger partial charge on any atom is -0.457 e. The third-order valence-corrected chi connectivity index (χ3v) is 5.74. The fourth-order valence-corrected chi connectivity index (χ4v) is 3.80. The maximum absolute atomic E-state index is 12.3. The molecule has 0 spiro atoms. The second kappa shape index (κ2) is 15.6. The maximum Gasteiger partial charge on any atom is 0.338 e. The molecule has 0 saturated heterocycles. The Morgan fingerprint density at radius 3 is 1.91 bits per heavy atom. The van der Waals surface area contributed by atoms with E-state index in [1.807, 2.05) is 31.2 Å². The van der Waals surface area contributed by atoms with Crippen LogP contribution in [0.25, 0.3) is 11.1 Å². The molecule has 0 aliphatic heterocycles. The summed E-state index contributed by atoms with van der Waals surface area (Å²) < 4.78 is 10.9. The van der Waals surface area contributed by atoms with Crippen LogP contribution in [0.2, 0.25) is 0 Å². The van der Waals surface area contributed by atoms with E-state index >= 15 is 0 Å². The Hall–Kier alpha value is -2.13. The van der Waals surface area contributed by atoms with Crippen molar-refractivity contribution >= 4 is 5.97 Å². The summed E-state index contributed by atoms with van der Waals surface area (Å²) in [6.07, 6.45) is 12.7. The number of hydrogen-bond acceptors (Lipinski definition) is 3. The van der Waals surface area contributed by atoms with Crippen molar-refractivity contribution in [2.24, 2.45) is 0 Å². The van der Waals surface area contributed by atoms with Gasteiger partial charge in [0.25, 0.3) is 0 Å². The summed E-state index contributed by atoms with van der Waals surface area (Å²) in [5, 5.41) is 0. The first kappa shape index (κ1) is 26.1. The second-order valence-electron chi connectivity index (χ2n) is 8.79. The summed E-state index contributed by atoms with van der Waals surface area (Å²) in [5.41, 5.74) is 4.26. The molecule has 0 bridgehead atoms. The molecule has 1 atom stereocenters. The molecule has 0 N–H and O–H groups in total. The van der Waals surface area contributed by atoms with Crippen LogP contribution >= 0.6 is 0 Å². The van der Waals surface area contributed by atoms with E-state index in [0.29, 0.717) is 18.8 Å². The van der Waals surface area contributed by atoms with Gasteiger partial charge in [0.05, 0.1) is 12.2 Å². The molecule has 0 radical (unpaired) electrons. The van der Waals surface area contributed by atoms with Gasteiger partial charge < -0.3 is 9.47 Å². The SMILES string of the molecule is CCCCCCCCCCc1ccc(-c2ccc(C(=O)OC(C)COCCC)cc2)cc1. The molecular formula is C29H42O3. The van der Waals surface area contributed by atoms with Crippen LogP contribution in [0.5, 0.6) is 0 Å². The number of aryl methyl sites for hydroxylation is 1. The maximum atomic E-state index is 12.3. The van der Waals surface area contributed by atoms with Crippen LogP contribution in [0.15, 0.2) is 48.5 Å². The van der Waals surface area contributed by atoms with Gasteiger partial charge >= 0.3 is 5.97 Å². The second-order valence-corrected chi connectivity index (χ2v) is 8.79. The van der Waals surface area contributed by atoms with E-state index in [2.05, 4.69) is 38.1 Å². The number of unbranched alkanes of at least 4 members (excludes halogenated alkanes) is 7. The summed E-state index contributed by atoms with van der Waals surface area (Å²) in [4.78, 5) is 12.3. The summed E-state index contributed by atoms with van der Waals surface area (Å²) in [5.74, 6) is -0.301. The molecule has 0 fully saturated rings. The van der Waals surface area contributed by atoms with Gasteiger partial charge in [0, 0.05) is 6.61 Å². The molecule has 3 nitrogen and oxygen atoms in total. The van der Waals surface area contributed by atoms with E-state index in [1.54, 1.807) is 0 Å². The van der Waals surface area contributed by atoms with E-state index in [1.165, 1.54) is 62.5 Å². The van der Waals surface area contributed by atoms with E-state index in [0.717, 1.165) is 18.4 Å². The fourth-order valence-electron chi connectivity index (χ4n) is 3.80.